The number of hydrogen-bond acceptors (Lipinski definition) is 7. The topological polar surface area (TPSA) is 76.4 Å². The molecular weight excluding hydrogens is 400 g/mol. The lowest BCUT2D eigenvalue weighted by atomic mass is 10.1. The van der Waals surface area contributed by atoms with Gasteiger partial charge in [0.2, 0.25) is 5.55 Å². The van der Waals surface area contributed by atoms with Crippen LogP contribution in [0.1, 0.15) is 33.1 Å². The third kappa shape index (κ3) is 6.73. The Morgan fingerprint density at radius 3 is 2.93 bits per heavy atom. The fraction of sp³-hybridized carbons (Fsp3) is 0.364. The second-order valence-electron chi connectivity index (χ2n) is 6.73. The first kappa shape index (κ1) is 21.6. The van der Waals surface area contributed by atoms with Gasteiger partial charge in [0.25, 0.3) is 0 Å². The monoisotopic (exact) mass is 428 g/mol. The lowest BCUT2D eigenvalue weighted by molar-refractivity contribution is 0.486. The summed E-state index contributed by atoms with van der Waals surface area (Å²) in [5, 5.41) is 3.92. The molecule has 0 amide bonds. The highest BCUT2D eigenvalue weighted by atomic mass is 32.2. The molecular formula is C22H28N4OS2. The summed E-state index contributed by atoms with van der Waals surface area (Å²) >= 11 is 3.80. The molecule has 3 N–H and O–H groups in total. The Hall–Kier alpha value is -2.09. The van der Waals surface area contributed by atoms with E-state index < -0.39 is 0 Å². The second kappa shape index (κ2) is 11.2. The van der Waals surface area contributed by atoms with Gasteiger partial charge in [-0.3, -0.25) is 9.98 Å². The number of anilines is 1. The van der Waals surface area contributed by atoms with E-state index in [4.69, 9.17) is 10.2 Å². The number of likely N-dealkylation sites (N-methyl/N-ethyl adjacent to an activating group) is 1. The highest BCUT2D eigenvalue weighted by Crippen LogP contribution is 2.33. The molecule has 1 atom stereocenters. The molecule has 0 fully saturated rings. The van der Waals surface area contributed by atoms with Gasteiger partial charge in [-0.25, -0.2) is 0 Å². The van der Waals surface area contributed by atoms with Gasteiger partial charge in [-0.15, -0.1) is 23.1 Å². The van der Waals surface area contributed by atoms with Gasteiger partial charge in [0.05, 0.1) is 18.1 Å². The van der Waals surface area contributed by atoms with Gasteiger partial charge < -0.3 is 15.5 Å². The largest absolute Gasteiger partial charge is 0.447 e. The van der Waals surface area contributed by atoms with Crippen molar-refractivity contribution in [2.75, 3.05) is 31.1 Å². The molecule has 0 spiro atoms. The Bertz CT molecular complexity index is 953. The minimum atomic E-state index is 0.452. The molecule has 5 nitrogen and oxygen atoms in total. The maximum atomic E-state index is 6.20. The normalized spacial score (nSPS) is 13.0. The third-order valence-corrected chi connectivity index (χ3v) is 6.93. The molecule has 3 aromatic rings. The summed E-state index contributed by atoms with van der Waals surface area (Å²) in [7, 11) is 0. The first-order valence-electron chi connectivity index (χ1n) is 9.81. The first-order valence-corrected chi connectivity index (χ1v) is 11.7. The van der Waals surface area contributed by atoms with Crippen molar-refractivity contribution < 1.29 is 4.42 Å². The number of aromatic nitrogens is 1. The molecule has 0 saturated carbocycles. The summed E-state index contributed by atoms with van der Waals surface area (Å²) < 4.78 is 5.68. The van der Waals surface area contributed by atoms with Gasteiger partial charge in [0.1, 0.15) is 0 Å². The van der Waals surface area contributed by atoms with Crippen molar-refractivity contribution in [2.24, 2.45) is 4.99 Å². The molecule has 0 aliphatic rings. The van der Waals surface area contributed by atoms with Crippen LogP contribution in [0.2, 0.25) is 0 Å². The molecule has 0 saturated heterocycles. The van der Waals surface area contributed by atoms with Gasteiger partial charge in [-0.2, -0.15) is 0 Å². The standard InChI is InChI=1S/C22H28N4OS2/c1-3-24-14-21(20-7-6-16(2)29-20)28-10-9-26-22-12-19(23)18(15-27-22)11-17-5-4-8-25-13-17/h4-8,12-13,15,21,24H,3,9-11,14,23H2,1-2H3. The van der Waals surface area contributed by atoms with Crippen LogP contribution in [0.5, 0.6) is 0 Å². The maximum absolute atomic E-state index is 6.20. The summed E-state index contributed by atoms with van der Waals surface area (Å²) in [6, 6.07) is 10.2. The van der Waals surface area contributed by atoms with E-state index >= 15 is 0 Å². The van der Waals surface area contributed by atoms with Crippen molar-refractivity contribution in [1.82, 2.24) is 10.3 Å². The van der Waals surface area contributed by atoms with E-state index in [-0.39, 0.29) is 0 Å². The van der Waals surface area contributed by atoms with Crippen molar-refractivity contribution in [3.63, 3.8) is 0 Å². The summed E-state index contributed by atoms with van der Waals surface area (Å²) in [6.45, 7) is 6.95. The minimum absolute atomic E-state index is 0.452. The van der Waals surface area contributed by atoms with Crippen LogP contribution in [-0.4, -0.2) is 30.4 Å². The van der Waals surface area contributed by atoms with Gasteiger partial charge in [-0.1, -0.05) is 13.0 Å². The second-order valence-corrected chi connectivity index (χ2v) is 9.36. The highest BCUT2D eigenvalue weighted by Gasteiger charge is 2.13. The molecule has 0 aliphatic heterocycles. The molecule has 7 heteroatoms. The summed E-state index contributed by atoms with van der Waals surface area (Å²) in [5.41, 5.74) is 9.53. The number of thiophene rings is 1. The molecule has 3 heterocycles. The number of rotatable bonds is 10. The maximum Gasteiger partial charge on any atom is 0.215 e. The van der Waals surface area contributed by atoms with E-state index in [9.17, 15) is 0 Å². The number of nitrogens with one attached hydrogen (secondary N) is 1. The Kier molecular flexibility index (Phi) is 8.34. The number of nitrogen functional groups attached to an aromatic ring is 1. The average molecular weight is 429 g/mol. The number of thioether (sulfide) groups is 1. The molecule has 0 bridgehead atoms. The van der Waals surface area contributed by atoms with Crippen LogP contribution < -0.4 is 16.6 Å². The van der Waals surface area contributed by atoms with Crippen LogP contribution >= 0.6 is 23.1 Å². The summed E-state index contributed by atoms with van der Waals surface area (Å²) in [5.74, 6) is 0.930. The average Bonchev–Trinajstić information content (AvgIpc) is 3.16. The van der Waals surface area contributed by atoms with Crippen molar-refractivity contribution in [3.05, 3.63) is 75.4 Å². The van der Waals surface area contributed by atoms with E-state index in [2.05, 4.69) is 41.3 Å². The number of hydrogen-bond donors (Lipinski definition) is 2. The summed E-state index contributed by atoms with van der Waals surface area (Å²) in [4.78, 5) is 11.5. The van der Waals surface area contributed by atoms with Crippen LogP contribution in [0.15, 0.2) is 58.4 Å². The van der Waals surface area contributed by atoms with Gasteiger partial charge in [0, 0.05) is 58.2 Å². The number of pyridine rings is 1. The van der Waals surface area contributed by atoms with Crippen LogP contribution in [0.4, 0.5) is 5.69 Å². The fourth-order valence-corrected chi connectivity index (χ4v) is 5.07. The Balaban J connectivity index is 1.57. The van der Waals surface area contributed by atoms with Crippen molar-refractivity contribution >= 4 is 28.8 Å². The third-order valence-electron chi connectivity index (χ3n) is 4.43. The van der Waals surface area contributed by atoms with Gasteiger partial charge in [-0.05, 0) is 37.2 Å². The lowest BCUT2D eigenvalue weighted by Gasteiger charge is -2.14. The summed E-state index contributed by atoms with van der Waals surface area (Å²) in [6.07, 6.45) is 6.01. The molecule has 0 aromatic carbocycles. The van der Waals surface area contributed by atoms with Crippen molar-refractivity contribution in [2.45, 2.75) is 25.5 Å². The molecule has 0 radical (unpaired) electrons. The molecule has 3 aromatic heterocycles. The van der Waals surface area contributed by atoms with Crippen LogP contribution in [0.25, 0.3) is 0 Å². The molecule has 1 unspecified atom stereocenters. The van der Waals surface area contributed by atoms with Crippen LogP contribution in [-0.2, 0) is 6.42 Å². The number of nitrogens with zero attached hydrogens (tertiary/aromatic N) is 2. The lowest BCUT2D eigenvalue weighted by Crippen LogP contribution is -2.19. The molecule has 29 heavy (non-hydrogen) atoms. The van der Waals surface area contributed by atoms with E-state index in [1.807, 2.05) is 47.5 Å². The fourth-order valence-electron chi connectivity index (χ4n) is 2.90. The van der Waals surface area contributed by atoms with E-state index in [0.29, 0.717) is 29.5 Å². The van der Waals surface area contributed by atoms with Crippen LogP contribution in [0.3, 0.4) is 0 Å². The number of nitrogens with two attached hydrogens (primary N) is 1. The van der Waals surface area contributed by atoms with Gasteiger partial charge in [0.15, 0.2) is 0 Å². The highest BCUT2D eigenvalue weighted by molar-refractivity contribution is 7.99. The first-order chi connectivity index (χ1) is 14.2. The zero-order valence-electron chi connectivity index (χ0n) is 16.9. The molecule has 154 valence electrons. The van der Waals surface area contributed by atoms with E-state index in [0.717, 1.165) is 30.0 Å². The zero-order chi connectivity index (χ0) is 20.5. The zero-order valence-corrected chi connectivity index (χ0v) is 18.6. The Morgan fingerprint density at radius 2 is 2.24 bits per heavy atom. The van der Waals surface area contributed by atoms with Gasteiger partial charge >= 0.3 is 0 Å². The number of aryl methyl sites for hydroxylation is 1. The van der Waals surface area contributed by atoms with Crippen LogP contribution in [0, 0.1) is 6.92 Å². The van der Waals surface area contributed by atoms with Crippen molar-refractivity contribution in [1.29, 1.82) is 0 Å². The Morgan fingerprint density at radius 1 is 1.34 bits per heavy atom. The predicted octanol–water partition coefficient (Wildman–Crippen LogP) is 4.20. The van der Waals surface area contributed by atoms with E-state index in [1.54, 1.807) is 12.5 Å². The van der Waals surface area contributed by atoms with Crippen molar-refractivity contribution in [3.8, 4) is 0 Å². The quantitative estimate of drug-likeness (QED) is 0.473. The minimum Gasteiger partial charge on any atom is -0.447 e. The SMILES string of the molecule is CCNCC(SCCN=c1cc(N)c(Cc2cccnc2)co1)c1ccc(C)s1. The molecule has 3 rings (SSSR count). The predicted molar refractivity (Wildman–Crippen MR) is 123 cm³/mol. The smallest absolute Gasteiger partial charge is 0.215 e. The van der Waals surface area contributed by atoms with E-state index in [1.165, 1.54) is 9.75 Å². The molecule has 0 aliphatic carbocycles. The Labute approximate surface area is 180 Å².